The van der Waals surface area contributed by atoms with Crippen molar-refractivity contribution in [1.29, 1.82) is 0 Å². The summed E-state index contributed by atoms with van der Waals surface area (Å²) in [5, 5.41) is 8.89. The molecule has 1 rings (SSSR count). The summed E-state index contributed by atoms with van der Waals surface area (Å²) in [4.78, 5) is 8.89. The van der Waals surface area contributed by atoms with Gasteiger partial charge in [0.2, 0.25) is 0 Å². The molecule has 0 saturated carbocycles. The molecule has 33 heavy (non-hydrogen) atoms. The van der Waals surface area contributed by atoms with Crippen LogP contribution in [-0.2, 0) is 14.3 Å². The Morgan fingerprint density at radius 1 is 0.606 bits per heavy atom. The van der Waals surface area contributed by atoms with Crippen molar-refractivity contribution in [2.45, 2.75) is 149 Å². The molecule has 1 aliphatic rings. The Bertz CT molecular complexity index is 309. The third kappa shape index (κ3) is 54.7. The van der Waals surface area contributed by atoms with Gasteiger partial charge in [0, 0.05) is 19.2 Å². The van der Waals surface area contributed by atoms with Crippen molar-refractivity contribution in [3.63, 3.8) is 0 Å². The fourth-order valence-electron chi connectivity index (χ4n) is 3.49. The van der Waals surface area contributed by atoms with E-state index in [1.807, 2.05) is 0 Å². The maximum Gasteiger partial charge on any atom is 1.00 e. The molecule has 0 bridgehead atoms. The first kappa shape index (κ1) is 37.9. The number of carbonyl (C=O) groups is 1. The first-order chi connectivity index (χ1) is 15.6. The minimum Gasteiger partial charge on any atom is -0.550 e. The molecule has 0 unspecified atom stereocenters. The van der Waals surface area contributed by atoms with Crippen molar-refractivity contribution < 1.29 is 48.9 Å². The predicted molar refractivity (Wildman–Crippen MR) is 136 cm³/mol. The number of aliphatic carboxylic acids is 1. The van der Waals surface area contributed by atoms with Crippen LogP contribution in [0.25, 0.3) is 0 Å². The van der Waals surface area contributed by atoms with Gasteiger partial charge in [-0.05, 0) is 19.8 Å². The van der Waals surface area contributed by atoms with Gasteiger partial charge in [-0.1, -0.05) is 129 Å². The number of ether oxygens (including phenoxy) is 2. The number of carbonyl (C=O) groups excluding carboxylic acids is 1. The monoisotopic (exact) mass is 480 g/mol. The Morgan fingerprint density at radius 2 is 0.818 bits per heavy atom. The van der Waals surface area contributed by atoms with Gasteiger partial charge in [-0.15, -0.1) is 0 Å². The molecule has 0 N–H and O–H groups in total. The third-order valence-electron chi connectivity index (χ3n) is 5.49. The molecule has 4 nitrogen and oxygen atoms in total. The molecule has 1 heterocycles. The van der Waals surface area contributed by atoms with E-state index in [1.54, 1.807) is 0 Å². The molecule has 0 aromatic heterocycles. The van der Waals surface area contributed by atoms with E-state index in [0.717, 1.165) is 33.4 Å². The molecule has 194 valence electrons. The Labute approximate surface area is 229 Å². The van der Waals surface area contributed by atoms with Gasteiger partial charge in [-0.25, -0.2) is 0 Å². The SMILES string of the molecule is C1CO1.CC(=O)[O-].CCCCCCCCCCCCOCCCCCCCCCCCC.[Na+]. The predicted octanol–water partition coefficient (Wildman–Crippen LogP) is 4.62. The van der Waals surface area contributed by atoms with Crippen LogP contribution in [0.2, 0.25) is 0 Å². The second kappa shape index (κ2) is 36.9. The van der Waals surface area contributed by atoms with Crippen molar-refractivity contribution in [1.82, 2.24) is 0 Å². The fourth-order valence-corrected chi connectivity index (χ4v) is 3.49. The van der Waals surface area contributed by atoms with Crippen LogP contribution < -0.4 is 34.7 Å². The van der Waals surface area contributed by atoms with Crippen molar-refractivity contribution in [3.05, 3.63) is 0 Å². The van der Waals surface area contributed by atoms with Gasteiger partial charge in [0.15, 0.2) is 0 Å². The molecular weight excluding hydrogens is 423 g/mol. The van der Waals surface area contributed by atoms with E-state index < -0.39 is 5.97 Å². The molecule has 0 aromatic rings. The van der Waals surface area contributed by atoms with Crippen molar-refractivity contribution in [3.8, 4) is 0 Å². The summed E-state index contributed by atoms with van der Waals surface area (Å²) in [5.74, 6) is -1.08. The van der Waals surface area contributed by atoms with Crippen LogP contribution in [0.1, 0.15) is 149 Å². The molecular formula is C28H57NaO4. The largest absolute Gasteiger partial charge is 1.00 e. The molecule has 0 spiro atoms. The van der Waals surface area contributed by atoms with E-state index in [4.69, 9.17) is 14.6 Å². The third-order valence-corrected chi connectivity index (χ3v) is 5.49. The molecule has 5 heteroatoms. The smallest absolute Gasteiger partial charge is 0.550 e. The summed E-state index contributed by atoms with van der Waals surface area (Å²) < 4.78 is 10.3. The van der Waals surface area contributed by atoms with Gasteiger partial charge in [0.05, 0.1) is 13.2 Å². The Kier molecular flexibility index (Phi) is 42.5. The number of unbranched alkanes of at least 4 members (excludes halogenated alkanes) is 18. The quantitative estimate of drug-likeness (QED) is 0.129. The van der Waals surface area contributed by atoms with Crippen LogP contribution in [0.4, 0.5) is 0 Å². The summed E-state index contributed by atoms with van der Waals surface area (Å²) in [6.07, 6.45) is 28.2. The van der Waals surface area contributed by atoms with Crippen LogP contribution in [0, 0.1) is 0 Å². The van der Waals surface area contributed by atoms with E-state index in [-0.39, 0.29) is 29.6 Å². The molecule has 1 saturated heterocycles. The van der Waals surface area contributed by atoms with Gasteiger partial charge in [-0.3, -0.25) is 0 Å². The van der Waals surface area contributed by atoms with E-state index in [0.29, 0.717) is 0 Å². The number of hydrogen-bond acceptors (Lipinski definition) is 4. The summed E-state index contributed by atoms with van der Waals surface area (Å²) in [7, 11) is 0. The standard InChI is InChI=1S/C24H50O.C2H4O2.C2H4O.Na/c1-3-5-7-9-11-13-15-17-19-21-23-25-24-22-20-18-16-14-12-10-8-6-4-2;1-2(3)4;1-2-3-1;/h3-24H2,1-2H3;1H3,(H,3,4);1-2H2;/q;;;+1/p-1. The van der Waals surface area contributed by atoms with Gasteiger partial charge in [0.1, 0.15) is 0 Å². The van der Waals surface area contributed by atoms with Gasteiger partial charge < -0.3 is 19.4 Å². The minimum atomic E-state index is -1.08. The Morgan fingerprint density at radius 3 is 1.03 bits per heavy atom. The van der Waals surface area contributed by atoms with Crippen LogP contribution in [0.15, 0.2) is 0 Å². The normalized spacial score (nSPS) is 11.5. The molecule has 1 aliphatic heterocycles. The maximum atomic E-state index is 8.89. The van der Waals surface area contributed by atoms with E-state index >= 15 is 0 Å². The van der Waals surface area contributed by atoms with E-state index in [9.17, 15) is 0 Å². The Balaban J connectivity index is -0.000000961. The van der Waals surface area contributed by atoms with Crippen molar-refractivity contribution >= 4 is 5.97 Å². The topological polar surface area (TPSA) is 61.9 Å². The van der Waals surface area contributed by atoms with Crippen LogP contribution in [-0.4, -0.2) is 32.4 Å². The molecule has 0 amide bonds. The zero-order chi connectivity index (χ0) is 24.0. The minimum absolute atomic E-state index is 0. The number of carboxylic acid groups (broad SMARTS) is 1. The molecule has 1 fully saturated rings. The summed E-state index contributed by atoms with van der Waals surface area (Å²) in [6, 6.07) is 0. The number of carboxylic acids is 1. The van der Waals surface area contributed by atoms with E-state index in [2.05, 4.69) is 18.6 Å². The molecule has 0 radical (unpaired) electrons. The second-order valence-electron chi connectivity index (χ2n) is 9.08. The second-order valence-corrected chi connectivity index (χ2v) is 9.08. The summed E-state index contributed by atoms with van der Waals surface area (Å²) >= 11 is 0. The average molecular weight is 481 g/mol. The van der Waals surface area contributed by atoms with Crippen molar-refractivity contribution in [2.24, 2.45) is 0 Å². The fraction of sp³-hybridized carbons (Fsp3) is 0.964. The first-order valence-corrected chi connectivity index (χ1v) is 14.0. The van der Waals surface area contributed by atoms with Crippen LogP contribution >= 0.6 is 0 Å². The van der Waals surface area contributed by atoms with E-state index in [1.165, 1.54) is 128 Å². The molecule has 0 aliphatic carbocycles. The number of epoxide rings is 1. The summed E-state index contributed by atoms with van der Waals surface area (Å²) in [5.41, 5.74) is 0. The van der Waals surface area contributed by atoms with Crippen molar-refractivity contribution in [2.75, 3.05) is 26.4 Å². The van der Waals surface area contributed by atoms with Gasteiger partial charge >= 0.3 is 29.6 Å². The molecule has 0 aromatic carbocycles. The maximum absolute atomic E-state index is 8.89. The van der Waals surface area contributed by atoms with Gasteiger partial charge in [0.25, 0.3) is 0 Å². The van der Waals surface area contributed by atoms with Crippen LogP contribution in [0.3, 0.4) is 0 Å². The average Bonchev–Trinajstić information content (AvgIpc) is 3.64. The molecule has 0 atom stereocenters. The van der Waals surface area contributed by atoms with Crippen LogP contribution in [0.5, 0.6) is 0 Å². The first-order valence-electron chi connectivity index (χ1n) is 14.0. The summed E-state index contributed by atoms with van der Waals surface area (Å²) in [6.45, 7) is 9.54. The zero-order valence-corrected chi connectivity index (χ0v) is 25.1. The van der Waals surface area contributed by atoms with Gasteiger partial charge in [-0.2, -0.15) is 0 Å². The zero-order valence-electron chi connectivity index (χ0n) is 23.1. The number of rotatable bonds is 22. The number of hydrogen-bond donors (Lipinski definition) is 0. The Hall–Kier alpha value is 0.390.